The summed E-state index contributed by atoms with van der Waals surface area (Å²) in [5.74, 6) is 2.14. The van der Waals surface area contributed by atoms with E-state index in [2.05, 4.69) is 91.0 Å². The molecule has 6 rings (SSSR count). The third-order valence-electron chi connectivity index (χ3n) is 6.42. The molecular formula is C30H26O2S. The molecule has 1 atom stereocenters. The van der Waals surface area contributed by atoms with Gasteiger partial charge in [-0.25, -0.2) is 0 Å². The highest BCUT2D eigenvalue weighted by Crippen LogP contribution is 2.43. The highest BCUT2D eigenvalue weighted by Gasteiger charge is 2.23. The highest BCUT2D eigenvalue weighted by molar-refractivity contribution is 8.06. The molecule has 1 aliphatic carbocycles. The smallest absolute Gasteiger partial charge is 0.127 e. The summed E-state index contributed by atoms with van der Waals surface area (Å²) >= 11 is 1.96. The van der Waals surface area contributed by atoms with Crippen LogP contribution in [0.4, 0.5) is 0 Å². The van der Waals surface area contributed by atoms with Gasteiger partial charge in [0.2, 0.25) is 0 Å². The molecule has 0 spiro atoms. The third-order valence-corrected chi connectivity index (χ3v) is 7.36. The maximum atomic E-state index is 6.20. The molecule has 2 nitrogen and oxygen atoms in total. The summed E-state index contributed by atoms with van der Waals surface area (Å²) in [6.07, 6.45) is 0.983. The lowest BCUT2D eigenvalue weighted by atomic mass is 9.93. The van der Waals surface area contributed by atoms with Gasteiger partial charge in [-0.2, -0.15) is 11.8 Å². The van der Waals surface area contributed by atoms with Crippen molar-refractivity contribution in [2.45, 2.75) is 11.7 Å². The predicted octanol–water partition coefficient (Wildman–Crippen LogP) is 7.10. The minimum atomic E-state index is 0.562. The largest absolute Gasteiger partial charge is 0.491 e. The van der Waals surface area contributed by atoms with Gasteiger partial charge in [-0.15, -0.1) is 0 Å². The molecule has 1 unspecified atom stereocenters. The van der Waals surface area contributed by atoms with E-state index in [-0.39, 0.29) is 0 Å². The van der Waals surface area contributed by atoms with Crippen molar-refractivity contribution >= 4 is 11.8 Å². The predicted molar refractivity (Wildman–Crippen MR) is 138 cm³/mol. The van der Waals surface area contributed by atoms with Crippen molar-refractivity contribution in [3.05, 3.63) is 102 Å². The average molecular weight is 451 g/mol. The molecule has 1 aliphatic heterocycles. The van der Waals surface area contributed by atoms with Crippen LogP contribution in [-0.2, 0) is 11.2 Å². The Morgan fingerprint density at radius 1 is 0.697 bits per heavy atom. The van der Waals surface area contributed by atoms with Gasteiger partial charge < -0.3 is 9.47 Å². The van der Waals surface area contributed by atoms with Crippen LogP contribution in [0.3, 0.4) is 0 Å². The van der Waals surface area contributed by atoms with Crippen molar-refractivity contribution in [2.75, 3.05) is 25.6 Å². The first-order valence-electron chi connectivity index (χ1n) is 11.6. The summed E-state index contributed by atoms with van der Waals surface area (Å²) in [5, 5.41) is 0.697. The molecule has 1 fully saturated rings. The SMILES string of the molecule is c1ccc(-c2cc(-c3cccc4c3Cc3ccccc3-4)ccc2OCCOCC2CS2)cc1. The van der Waals surface area contributed by atoms with Crippen molar-refractivity contribution in [3.63, 3.8) is 0 Å². The lowest BCUT2D eigenvalue weighted by Gasteiger charge is -2.15. The average Bonchev–Trinajstić information content (AvgIpc) is 3.62. The second-order valence-electron chi connectivity index (χ2n) is 8.62. The Balaban J connectivity index is 1.32. The minimum absolute atomic E-state index is 0.562. The molecule has 0 bridgehead atoms. The fourth-order valence-corrected chi connectivity index (χ4v) is 5.11. The van der Waals surface area contributed by atoms with Gasteiger partial charge in [0.05, 0.1) is 13.2 Å². The first-order chi connectivity index (χ1) is 16.4. The number of hydrogen-bond donors (Lipinski definition) is 0. The Bertz CT molecular complexity index is 1280. The van der Waals surface area contributed by atoms with Crippen LogP contribution in [0.2, 0.25) is 0 Å². The zero-order valence-electron chi connectivity index (χ0n) is 18.5. The van der Waals surface area contributed by atoms with Crippen LogP contribution in [0.1, 0.15) is 11.1 Å². The van der Waals surface area contributed by atoms with Gasteiger partial charge in [0, 0.05) is 16.6 Å². The summed E-state index contributed by atoms with van der Waals surface area (Å²) in [4.78, 5) is 0. The molecule has 2 aliphatic rings. The van der Waals surface area contributed by atoms with Crippen LogP contribution < -0.4 is 4.74 Å². The van der Waals surface area contributed by atoms with Gasteiger partial charge in [-0.05, 0) is 57.5 Å². The van der Waals surface area contributed by atoms with Gasteiger partial charge in [0.1, 0.15) is 12.4 Å². The zero-order chi connectivity index (χ0) is 22.0. The van der Waals surface area contributed by atoms with Gasteiger partial charge in [0.15, 0.2) is 0 Å². The fourth-order valence-electron chi connectivity index (χ4n) is 4.68. The third kappa shape index (κ3) is 4.31. The van der Waals surface area contributed by atoms with E-state index in [1.165, 1.54) is 44.7 Å². The number of benzene rings is 4. The van der Waals surface area contributed by atoms with E-state index in [1.807, 2.05) is 11.8 Å². The quantitative estimate of drug-likeness (QED) is 0.185. The number of rotatable bonds is 8. The molecular weight excluding hydrogens is 424 g/mol. The molecule has 33 heavy (non-hydrogen) atoms. The van der Waals surface area contributed by atoms with Crippen molar-refractivity contribution in [1.29, 1.82) is 0 Å². The van der Waals surface area contributed by atoms with E-state index < -0.39 is 0 Å². The Morgan fingerprint density at radius 3 is 2.36 bits per heavy atom. The number of fused-ring (bicyclic) bond motifs is 3. The lowest BCUT2D eigenvalue weighted by molar-refractivity contribution is 0.106. The van der Waals surface area contributed by atoms with E-state index in [4.69, 9.17) is 9.47 Å². The Hall–Kier alpha value is -3.01. The van der Waals surface area contributed by atoms with Crippen LogP contribution in [0.25, 0.3) is 33.4 Å². The first-order valence-corrected chi connectivity index (χ1v) is 12.6. The molecule has 0 N–H and O–H groups in total. The van der Waals surface area contributed by atoms with Crippen molar-refractivity contribution in [2.24, 2.45) is 0 Å². The van der Waals surface area contributed by atoms with E-state index in [9.17, 15) is 0 Å². The Labute approximate surface area is 199 Å². The minimum Gasteiger partial charge on any atom is -0.491 e. The Kier molecular flexibility index (Phi) is 5.67. The number of hydrogen-bond acceptors (Lipinski definition) is 3. The van der Waals surface area contributed by atoms with Crippen molar-refractivity contribution in [1.82, 2.24) is 0 Å². The van der Waals surface area contributed by atoms with Crippen LogP contribution in [-0.4, -0.2) is 30.8 Å². The standard InChI is InChI=1S/C30H26O2S/c1-2-7-21(8-3-1)28-17-23(13-14-30(28)32-16-15-31-19-24-20-33-24)26-11-6-12-27-25-10-5-4-9-22(25)18-29(26)27/h1-14,17,24H,15-16,18-20H2. The summed E-state index contributed by atoms with van der Waals surface area (Å²) < 4.78 is 11.9. The summed E-state index contributed by atoms with van der Waals surface area (Å²) in [5.41, 5.74) is 10.4. The van der Waals surface area contributed by atoms with Gasteiger partial charge >= 0.3 is 0 Å². The Morgan fingerprint density at radius 2 is 1.48 bits per heavy atom. The molecule has 4 aromatic carbocycles. The zero-order valence-corrected chi connectivity index (χ0v) is 19.3. The molecule has 0 amide bonds. The molecule has 1 heterocycles. The highest BCUT2D eigenvalue weighted by atomic mass is 32.2. The second kappa shape index (κ2) is 9.09. The van der Waals surface area contributed by atoms with Crippen LogP contribution in [0.5, 0.6) is 5.75 Å². The maximum Gasteiger partial charge on any atom is 0.127 e. The lowest BCUT2D eigenvalue weighted by Crippen LogP contribution is -2.10. The topological polar surface area (TPSA) is 18.5 Å². The first kappa shape index (κ1) is 20.6. The molecule has 1 saturated heterocycles. The molecule has 0 saturated carbocycles. The molecule has 0 aromatic heterocycles. The molecule has 4 aromatic rings. The second-order valence-corrected chi connectivity index (χ2v) is 9.95. The number of thioether (sulfide) groups is 1. The summed E-state index contributed by atoms with van der Waals surface area (Å²) in [6, 6.07) is 32.6. The van der Waals surface area contributed by atoms with E-state index in [0.29, 0.717) is 18.5 Å². The van der Waals surface area contributed by atoms with Crippen molar-refractivity contribution < 1.29 is 9.47 Å². The van der Waals surface area contributed by atoms with Gasteiger partial charge in [0.25, 0.3) is 0 Å². The van der Waals surface area contributed by atoms with E-state index in [0.717, 1.165) is 24.3 Å². The van der Waals surface area contributed by atoms with Gasteiger partial charge in [-0.1, -0.05) is 78.9 Å². The molecule has 0 radical (unpaired) electrons. The maximum absolute atomic E-state index is 6.20. The molecule has 164 valence electrons. The normalized spacial score (nSPS) is 15.7. The van der Waals surface area contributed by atoms with Crippen LogP contribution in [0.15, 0.2) is 91.0 Å². The summed E-state index contributed by atoms with van der Waals surface area (Å²) in [7, 11) is 0. The van der Waals surface area contributed by atoms with Gasteiger partial charge in [-0.3, -0.25) is 0 Å². The van der Waals surface area contributed by atoms with Crippen LogP contribution in [0, 0.1) is 0 Å². The molecule has 3 heteroatoms. The summed E-state index contributed by atoms with van der Waals surface area (Å²) in [6.45, 7) is 2.02. The fraction of sp³-hybridized carbons (Fsp3) is 0.200. The van der Waals surface area contributed by atoms with E-state index in [1.54, 1.807) is 0 Å². The number of ether oxygens (including phenoxy) is 2. The van der Waals surface area contributed by atoms with Crippen molar-refractivity contribution in [3.8, 4) is 39.1 Å². The van der Waals surface area contributed by atoms with E-state index >= 15 is 0 Å². The van der Waals surface area contributed by atoms with Crippen LogP contribution >= 0.6 is 11.8 Å². The monoisotopic (exact) mass is 450 g/mol.